The molecule has 0 N–H and O–H groups in total. The van der Waals surface area contributed by atoms with Crippen molar-refractivity contribution in [3.8, 4) is 0 Å². The molecule has 8 heteroatoms. The molecule has 1 saturated heterocycles. The van der Waals surface area contributed by atoms with Crippen LogP contribution in [-0.4, -0.2) is 27.4 Å². The minimum atomic E-state index is -4.46. The predicted octanol–water partition coefficient (Wildman–Crippen LogP) is 2.81. The third-order valence-corrected chi connectivity index (χ3v) is 5.15. The molecule has 1 aliphatic heterocycles. The molecular formula is C18H19F3N4O. The van der Waals surface area contributed by atoms with Crippen molar-refractivity contribution in [2.45, 2.75) is 50.9 Å². The molecule has 0 saturated carbocycles. The van der Waals surface area contributed by atoms with Gasteiger partial charge in [0.1, 0.15) is 5.82 Å². The van der Waals surface area contributed by atoms with Gasteiger partial charge in [0.15, 0.2) is 0 Å². The van der Waals surface area contributed by atoms with Crippen molar-refractivity contribution >= 4 is 5.82 Å². The maximum Gasteiger partial charge on any atom is 0.419 e. The fourth-order valence-electron chi connectivity index (χ4n) is 3.92. The van der Waals surface area contributed by atoms with Crippen molar-refractivity contribution < 1.29 is 13.2 Å². The van der Waals surface area contributed by atoms with Gasteiger partial charge in [0.05, 0.1) is 23.8 Å². The standard InChI is InChI=1S/C18H19F3N4O/c19-18(20,21)14-6-2-8-22-17(14)24-9-3-5-13(24)11-25-16(26)10-12-4-1-7-15(12)23-25/h2,6,8,10,13H,1,3-5,7,9,11H2. The van der Waals surface area contributed by atoms with Gasteiger partial charge in [-0.25, -0.2) is 9.67 Å². The highest BCUT2D eigenvalue weighted by molar-refractivity contribution is 5.50. The zero-order chi connectivity index (χ0) is 18.3. The van der Waals surface area contributed by atoms with Gasteiger partial charge in [-0.05, 0) is 49.8 Å². The lowest BCUT2D eigenvalue weighted by Gasteiger charge is -2.28. The summed E-state index contributed by atoms with van der Waals surface area (Å²) in [6.45, 7) is 0.768. The average molecular weight is 364 g/mol. The Morgan fingerprint density at radius 1 is 1.23 bits per heavy atom. The Kier molecular flexibility index (Phi) is 4.20. The molecule has 26 heavy (non-hydrogen) atoms. The van der Waals surface area contributed by atoms with Crippen LogP contribution in [0.3, 0.4) is 0 Å². The number of fused-ring (bicyclic) bond motifs is 1. The number of rotatable bonds is 3. The maximum atomic E-state index is 13.3. The lowest BCUT2D eigenvalue weighted by molar-refractivity contribution is -0.137. The number of alkyl halides is 3. The van der Waals surface area contributed by atoms with E-state index in [-0.39, 0.29) is 24.0 Å². The minimum absolute atomic E-state index is 0.0586. The van der Waals surface area contributed by atoms with Gasteiger partial charge in [-0.3, -0.25) is 4.79 Å². The second-order valence-corrected chi connectivity index (χ2v) is 6.85. The highest BCUT2D eigenvalue weighted by Crippen LogP contribution is 2.37. The van der Waals surface area contributed by atoms with Crippen LogP contribution in [0.25, 0.3) is 0 Å². The predicted molar refractivity (Wildman–Crippen MR) is 90.1 cm³/mol. The molecular weight excluding hydrogens is 345 g/mol. The van der Waals surface area contributed by atoms with E-state index < -0.39 is 11.7 Å². The zero-order valence-electron chi connectivity index (χ0n) is 14.2. The van der Waals surface area contributed by atoms with Crippen LogP contribution < -0.4 is 10.5 Å². The van der Waals surface area contributed by atoms with E-state index in [0.717, 1.165) is 43.0 Å². The molecule has 1 fully saturated rings. The second-order valence-electron chi connectivity index (χ2n) is 6.85. The van der Waals surface area contributed by atoms with Crippen LogP contribution >= 0.6 is 0 Å². The normalized spacial score (nSPS) is 19.8. The van der Waals surface area contributed by atoms with Gasteiger partial charge in [-0.15, -0.1) is 0 Å². The molecule has 4 rings (SSSR count). The summed E-state index contributed by atoms with van der Waals surface area (Å²) in [5, 5.41) is 4.45. The molecule has 0 aromatic carbocycles. The van der Waals surface area contributed by atoms with Crippen LogP contribution in [0, 0.1) is 0 Å². The zero-order valence-corrected chi connectivity index (χ0v) is 14.2. The van der Waals surface area contributed by atoms with Gasteiger partial charge in [0.25, 0.3) is 5.56 Å². The quantitative estimate of drug-likeness (QED) is 0.840. The maximum absolute atomic E-state index is 13.3. The Morgan fingerprint density at radius 3 is 2.88 bits per heavy atom. The molecule has 3 heterocycles. The topological polar surface area (TPSA) is 51.0 Å². The van der Waals surface area contributed by atoms with Gasteiger partial charge in [0.2, 0.25) is 0 Å². The molecule has 0 amide bonds. The monoisotopic (exact) mass is 364 g/mol. The van der Waals surface area contributed by atoms with Gasteiger partial charge in [-0.1, -0.05) is 0 Å². The second kappa shape index (κ2) is 6.41. The number of halogens is 3. The van der Waals surface area contributed by atoms with Crippen molar-refractivity contribution in [1.29, 1.82) is 0 Å². The number of aryl methyl sites for hydroxylation is 2. The molecule has 0 spiro atoms. The molecule has 0 bridgehead atoms. The van der Waals surface area contributed by atoms with Crippen LogP contribution in [-0.2, 0) is 25.6 Å². The summed E-state index contributed by atoms with van der Waals surface area (Å²) in [5.74, 6) is -0.0586. The van der Waals surface area contributed by atoms with E-state index in [9.17, 15) is 18.0 Å². The Balaban J connectivity index is 1.64. The molecule has 2 aliphatic rings. The first-order valence-corrected chi connectivity index (χ1v) is 8.82. The minimum Gasteiger partial charge on any atom is -0.351 e. The number of hydrogen-bond acceptors (Lipinski definition) is 4. The highest BCUT2D eigenvalue weighted by atomic mass is 19.4. The summed E-state index contributed by atoms with van der Waals surface area (Å²) >= 11 is 0. The van der Waals surface area contributed by atoms with Gasteiger partial charge < -0.3 is 4.90 Å². The molecule has 2 aromatic rings. The van der Waals surface area contributed by atoms with Crippen LogP contribution in [0.15, 0.2) is 29.2 Å². The van der Waals surface area contributed by atoms with Crippen LogP contribution in [0.5, 0.6) is 0 Å². The van der Waals surface area contributed by atoms with Crippen LogP contribution in [0.1, 0.15) is 36.1 Å². The van der Waals surface area contributed by atoms with E-state index in [1.165, 1.54) is 16.9 Å². The molecule has 1 atom stereocenters. The SMILES string of the molecule is O=c1cc2c(nn1CC1CCCN1c1ncccc1C(F)(F)F)CCC2. The number of hydrogen-bond donors (Lipinski definition) is 0. The van der Waals surface area contributed by atoms with Crippen molar-refractivity contribution in [3.63, 3.8) is 0 Å². The Bertz CT molecular complexity index is 877. The van der Waals surface area contributed by atoms with Crippen molar-refractivity contribution in [3.05, 3.63) is 51.6 Å². The van der Waals surface area contributed by atoms with E-state index in [4.69, 9.17) is 0 Å². The number of aromatic nitrogens is 3. The van der Waals surface area contributed by atoms with Crippen molar-refractivity contribution in [1.82, 2.24) is 14.8 Å². The van der Waals surface area contributed by atoms with Crippen LogP contribution in [0.2, 0.25) is 0 Å². The molecule has 0 radical (unpaired) electrons. The molecule has 138 valence electrons. The third kappa shape index (κ3) is 3.08. The smallest absolute Gasteiger partial charge is 0.351 e. The summed E-state index contributed by atoms with van der Waals surface area (Å²) in [6, 6.07) is 3.74. The van der Waals surface area contributed by atoms with Crippen molar-refractivity contribution in [2.75, 3.05) is 11.4 Å². The Labute approximate surface area is 148 Å². The lowest BCUT2D eigenvalue weighted by atomic mass is 10.2. The Morgan fingerprint density at radius 2 is 2.08 bits per heavy atom. The van der Waals surface area contributed by atoms with E-state index in [2.05, 4.69) is 10.1 Å². The molecule has 2 aromatic heterocycles. The van der Waals surface area contributed by atoms with E-state index in [1.807, 2.05) is 0 Å². The van der Waals surface area contributed by atoms with Gasteiger partial charge >= 0.3 is 6.18 Å². The third-order valence-electron chi connectivity index (χ3n) is 5.15. The first-order valence-electron chi connectivity index (χ1n) is 8.82. The molecule has 1 unspecified atom stereocenters. The number of anilines is 1. The molecule has 1 aliphatic carbocycles. The van der Waals surface area contributed by atoms with Gasteiger partial charge in [0, 0.05) is 18.8 Å². The van der Waals surface area contributed by atoms with E-state index in [0.29, 0.717) is 13.0 Å². The van der Waals surface area contributed by atoms with Crippen LogP contribution in [0.4, 0.5) is 19.0 Å². The largest absolute Gasteiger partial charge is 0.419 e. The summed E-state index contributed by atoms with van der Waals surface area (Å²) < 4.78 is 41.4. The first kappa shape index (κ1) is 17.1. The highest BCUT2D eigenvalue weighted by Gasteiger charge is 2.38. The summed E-state index contributed by atoms with van der Waals surface area (Å²) in [7, 11) is 0. The van der Waals surface area contributed by atoms with E-state index >= 15 is 0 Å². The average Bonchev–Trinajstić information content (AvgIpc) is 3.23. The van der Waals surface area contributed by atoms with Gasteiger partial charge in [-0.2, -0.15) is 18.3 Å². The first-order chi connectivity index (χ1) is 12.4. The summed E-state index contributed by atoms with van der Waals surface area (Å²) in [4.78, 5) is 18.0. The fraction of sp³-hybridized carbons (Fsp3) is 0.500. The fourth-order valence-corrected chi connectivity index (χ4v) is 3.92. The van der Waals surface area contributed by atoms with Crippen molar-refractivity contribution in [2.24, 2.45) is 0 Å². The summed E-state index contributed by atoms with van der Waals surface area (Å²) in [5.41, 5.74) is 1.01. The van der Waals surface area contributed by atoms with E-state index in [1.54, 1.807) is 11.0 Å². The lowest BCUT2D eigenvalue weighted by Crippen LogP contribution is -2.38. The molecule has 5 nitrogen and oxygen atoms in total. The number of pyridine rings is 1. The number of nitrogens with zero attached hydrogens (tertiary/aromatic N) is 4. The Hall–Kier alpha value is -2.38. The summed E-state index contributed by atoms with van der Waals surface area (Å²) in [6.07, 6.45) is 1.10.